The Morgan fingerprint density at radius 2 is 1.94 bits per heavy atom. The summed E-state index contributed by atoms with van der Waals surface area (Å²) in [6.07, 6.45) is 3.13. The molecule has 0 aliphatic heterocycles. The highest BCUT2D eigenvalue weighted by Crippen LogP contribution is 2.08. The predicted molar refractivity (Wildman–Crippen MR) is 66.5 cm³/mol. The third kappa shape index (κ3) is 5.68. The molecule has 0 aromatic rings. The number of carboxylic acids is 1. The minimum atomic E-state index is -1.00. The van der Waals surface area contributed by atoms with Crippen LogP contribution < -0.4 is 11.1 Å². The Kier molecular flexibility index (Phi) is 7.54. The van der Waals surface area contributed by atoms with E-state index in [-0.39, 0.29) is 11.8 Å². The van der Waals surface area contributed by atoms with Gasteiger partial charge < -0.3 is 16.2 Å². The highest BCUT2D eigenvalue weighted by atomic mass is 16.4. The van der Waals surface area contributed by atoms with Crippen molar-refractivity contribution in [1.29, 1.82) is 0 Å². The summed E-state index contributed by atoms with van der Waals surface area (Å²) < 4.78 is 0. The maximum Gasteiger partial charge on any atom is 0.326 e. The second-order valence-corrected chi connectivity index (χ2v) is 4.46. The minimum absolute atomic E-state index is 0.102. The molecule has 0 aliphatic carbocycles. The fourth-order valence-electron chi connectivity index (χ4n) is 1.50. The normalized spacial score (nSPS) is 16.0. The Morgan fingerprint density at radius 1 is 1.35 bits per heavy atom. The van der Waals surface area contributed by atoms with Gasteiger partial charge in [0.15, 0.2) is 0 Å². The van der Waals surface area contributed by atoms with E-state index in [1.165, 1.54) is 0 Å². The second kappa shape index (κ2) is 8.06. The summed E-state index contributed by atoms with van der Waals surface area (Å²) in [5.74, 6) is -1.48. The number of unbranched alkanes of at least 4 members (excludes halogenated alkanes) is 1. The van der Waals surface area contributed by atoms with Gasteiger partial charge in [-0.05, 0) is 12.3 Å². The van der Waals surface area contributed by atoms with E-state index in [1.807, 2.05) is 13.8 Å². The van der Waals surface area contributed by atoms with Gasteiger partial charge >= 0.3 is 5.97 Å². The van der Waals surface area contributed by atoms with E-state index in [2.05, 4.69) is 5.32 Å². The molecule has 2 unspecified atom stereocenters. The first-order valence-electron chi connectivity index (χ1n) is 6.22. The van der Waals surface area contributed by atoms with E-state index in [0.717, 1.165) is 12.8 Å². The van der Waals surface area contributed by atoms with Crippen LogP contribution in [0.5, 0.6) is 0 Å². The number of hydrogen-bond acceptors (Lipinski definition) is 3. The quantitative estimate of drug-likeness (QED) is 0.596. The first-order valence-corrected chi connectivity index (χ1v) is 6.22. The Bertz CT molecular complexity index is 256. The average molecular weight is 244 g/mol. The van der Waals surface area contributed by atoms with Crippen molar-refractivity contribution in [1.82, 2.24) is 5.32 Å². The molecule has 0 heterocycles. The van der Waals surface area contributed by atoms with Crippen molar-refractivity contribution in [3.8, 4) is 0 Å². The van der Waals surface area contributed by atoms with Gasteiger partial charge in [-0.2, -0.15) is 0 Å². The van der Waals surface area contributed by atoms with Crippen LogP contribution in [-0.2, 0) is 9.59 Å². The van der Waals surface area contributed by atoms with Crippen LogP contribution in [0.3, 0.4) is 0 Å². The monoisotopic (exact) mass is 244 g/mol. The van der Waals surface area contributed by atoms with Gasteiger partial charge in [-0.25, -0.2) is 4.79 Å². The van der Waals surface area contributed by atoms with Crippen molar-refractivity contribution in [2.24, 2.45) is 11.7 Å². The predicted octanol–water partition coefficient (Wildman–Crippen LogP) is 1.12. The number of rotatable bonds is 8. The number of carbonyl (C=O) groups excluding carboxylic acids is 1. The van der Waals surface area contributed by atoms with Crippen molar-refractivity contribution in [2.45, 2.75) is 58.5 Å². The molecule has 0 rings (SSSR count). The summed E-state index contributed by atoms with van der Waals surface area (Å²) in [4.78, 5) is 22.7. The van der Waals surface area contributed by atoms with Crippen LogP contribution in [0.2, 0.25) is 0 Å². The van der Waals surface area contributed by atoms with E-state index in [9.17, 15) is 9.59 Å². The highest BCUT2D eigenvalue weighted by molar-refractivity contribution is 5.86. The largest absolute Gasteiger partial charge is 0.480 e. The molecule has 0 radical (unpaired) electrons. The van der Waals surface area contributed by atoms with Crippen LogP contribution >= 0.6 is 0 Å². The van der Waals surface area contributed by atoms with Crippen LogP contribution in [0, 0.1) is 5.92 Å². The summed E-state index contributed by atoms with van der Waals surface area (Å²) in [5.41, 5.74) is 5.69. The molecule has 3 atom stereocenters. The number of amides is 1. The zero-order valence-electron chi connectivity index (χ0n) is 10.9. The summed E-state index contributed by atoms with van der Waals surface area (Å²) in [7, 11) is 0. The van der Waals surface area contributed by atoms with Crippen molar-refractivity contribution >= 4 is 11.9 Å². The fraction of sp³-hybridized carbons (Fsp3) is 0.833. The third-order valence-electron chi connectivity index (χ3n) is 2.98. The zero-order chi connectivity index (χ0) is 13.4. The molecule has 0 aliphatic rings. The molecule has 0 fully saturated rings. The maximum atomic E-state index is 11.7. The van der Waals surface area contributed by atoms with Gasteiger partial charge in [0.05, 0.1) is 6.04 Å². The Labute approximate surface area is 103 Å². The smallest absolute Gasteiger partial charge is 0.326 e. The molecule has 0 spiro atoms. The standard InChI is InChI=1S/C12H24N2O3/c1-4-6-7-9(13)11(15)14-10(12(16)17)8(3)5-2/h8-10H,4-7,13H2,1-3H3,(H,14,15)(H,16,17)/t8?,9-,10?/m0/s1. The molecule has 1 amide bonds. The van der Waals surface area contributed by atoms with Gasteiger partial charge in [0, 0.05) is 0 Å². The van der Waals surface area contributed by atoms with Crippen LogP contribution in [0.1, 0.15) is 46.5 Å². The number of nitrogens with one attached hydrogen (secondary N) is 1. The zero-order valence-corrected chi connectivity index (χ0v) is 10.9. The lowest BCUT2D eigenvalue weighted by Gasteiger charge is -2.22. The molecule has 4 N–H and O–H groups in total. The van der Waals surface area contributed by atoms with Gasteiger partial charge in [0.2, 0.25) is 5.91 Å². The molecule has 5 nitrogen and oxygen atoms in total. The van der Waals surface area contributed by atoms with Crippen LogP contribution in [0.15, 0.2) is 0 Å². The number of aliphatic carboxylic acids is 1. The highest BCUT2D eigenvalue weighted by Gasteiger charge is 2.27. The Hall–Kier alpha value is -1.10. The average Bonchev–Trinajstić information content (AvgIpc) is 2.31. The van der Waals surface area contributed by atoms with E-state index >= 15 is 0 Å². The molecule has 0 bridgehead atoms. The number of carbonyl (C=O) groups is 2. The second-order valence-electron chi connectivity index (χ2n) is 4.46. The van der Waals surface area contributed by atoms with E-state index in [4.69, 9.17) is 10.8 Å². The lowest BCUT2D eigenvalue weighted by atomic mass is 9.98. The lowest BCUT2D eigenvalue weighted by Crippen LogP contribution is -2.50. The number of hydrogen-bond donors (Lipinski definition) is 3. The van der Waals surface area contributed by atoms with Crippen molar-refractivity contribution in [2.75, 3.05) is 0 Å². The summed E-state index contributed by atoms with van der Waals surface area (Å²) in [6.45, 7) is 5.71. The van der Waals surface area contributed by atoms with Crippen LogP contribution in [0.4, 0.5) is 0 Å². The first-order chi connectivity index (χ1) is 7.93. The van der Waals surface area contributed by atoms with Gasteiger partial charge in [-0.3, -0.25) is 4.79 Å². The molecule has 17 heavy (non-hydrogen) atoms. The van der Waals surface area contributed by atoms with E-state index < -0.39 is 18.1 Å². The summed E-state index contributed by atoms with van der Waals surface area (Å²) in [6, 6.07) is -1.46. The molecular weight excluding hydrogens is 220 g/mol. The van der Waals surface area contributed by atoms with Crippen LogP contribution in [0.25, 0.3) is 0 Å². The van der Waals surface area contributed by atoms with E-state index in [1.54, 1.807) is 6.92 Å². The molecular formula is C12H24N2O3. The molecule has 100 valence electrons. The van der Waals surface area contributed by atoms with Crippen molar-refractivity contribution in [3.05, 3.63) is 0 Å². The molecule has 0 saturated carbocycles. The van der Waals surface area contributed by atoms with Gasteiger partial charge in [-0.15, -0.1) is 0 Å². The minimum Gasteiger partial charge on any atom is -0.480 e. The van der Waals surface area contributed by atoms with Gasteiger partial charge in [0.25, 0.3) is 0 Å². The molecule has 5 heteroatoms. The van der Waals surface area contributed by atoms with Crippen LogP contribution in [-0.4, -0.2) is 29.1 Å². The first kappa shape index (κ1) is 15.9. The number of carboxylic acid groups (broad SMARTS) is 1. The Morgan fingerprint density at radius 3 is 2.35 bits per heavy atom. The summed E-state index contributed by atoms with van der Waals surface area (Å²) in [5, 5.41) is 11.5. The van der Waals surface area contributed by atoms with Crippen molar-refractivity contribution < 1.29 is 14.7 Å². The lowest BCUT2D eigenvalue weighted by molar-refractivity contribution is -0.143. The van der Waals surface area contributed by atoms with Gasteiger partial charge in [-0.1, -0.05) is 40.0 Å². The molecule has 0 aromatic carbocycles. The Balaban J connectivity index is 4.35. The molecule has 0 saturated heterocycles. The van der Waals surface area contributed by atoms with E-state index in [0.29, 0.717) is 12.8 Å². The SMILES string of the molecule is CCCC[C@H](N)C(=O)NC(C(=O)O)C(C)CC. The third-order valence-corrected chi connectivity index (χ3v) is 2.98. The molecule has 0 aromatic heterocycles. The fourth-order valence-corrected chi connectivity index (χ4v) is 1.50. The number of nitrogens with two attached hydrogens (primary N) is 1. The van der Waals surface area contributed by atoms with Gasteiger partial charge in [0.1, 0.15) is 6.04 Å². The maximum absolute atomic E-state index is 11.7. The topological polar surface area (TPSA) is 92.4 Å². The van der Waals surface area contributed by atoms with Crippen molar-refractivity contribution in [3.63, 3.8) is 0 Å². The summed E-state index contributed by atoms with van der Waals surface area (Å²) >= 11 is 0.